The highest BCUT2D eigenvalue weighted by atomic mass is 35.5. The number of carbonyl (C=O) groups is 1. The number of amides is 1. The van der Waals surface area contributed by atoms with Crippen molar-refractivity contribution >= 4 is 17.5 Å². The fourth-order valence-electron chi connectivity index (χ4n) is 3.12. The van der Waals surface area contributed by atoms with E-state index >= 15 is 0 Å². The summed E-state index contributed by atoms with van der Waals surface area (Å²) in [6.45, 7) is 7.85. The summed E-state index contributed by atoms with van der Waals surface area (Å²) in [5.74, 6) is 0.156. The van der Waals surface area contributed by atoms with Crippen LogP contribution in [0.2, 0.25) is 5.15 Å². The van der Waals surface area contributed by atoms with Crippen LogP contribution in [0.5, 0.6) is 0 Å². The van der Waals surface area contributed by atoms with Crippen LogP contribution in [0, 0.1) is 6.92 Å². The number of rotatable bonds is 3. The molecule has 6 heteroatoms. The zero-order chi connectivity index (χ0) is 17.1. The number of benzene rings is 1. The first kappa shape index (κ1) is 17.0. The SMILES string of the molecule is CC(=O)N1CCCN(Cc2c(C)nn(-c3ccccc3)c2Cl)CC1. The van der Waals surface area contributed by atoms with E-state index in [0.717, 1.165) is 56.1 Å². The maximum atomic E-state index is 11.6. The molecule has 1 fully saturated rings. The van der Waals surface area contributed by atoms with Crippen LogP contribution in [0.3, 0.4) is 0 Å². The first-order valence-corrected chi connectivity index (χ1v) is 8.71. The van der Waals surface area contributed by atoms with Gasteiger partial charge in [-0.3, -0.25) is 9.69 Å². The molecule has 1 aromatic carbocycles. The molecule has 0 saturated carbocycles. The summed E-state index contributed by atoms with van der Waals surface area (Å²) in [4.78, 5) is 15.8. The van der Waals surface area contributed by atoms with Crippen LogP contribution in [0.25, 0.3) is 5.69 Å². The summed E-state index contributed by atoms with van der Waals surface area (Å²) in [7, 11) is 0. The van der Waals surface area contributed by atoms with Crippen LogP contribution in [0.1, 0.15) is 24.6 Å². The Labute approximate surface area is 147 Å². The standard InChI is InChI=1S/C18H23ClN4O/c1-14-17(13-21-9-6-10-22(12-11-21)15(2)24)18(19)23(20-14)16-7-4-3-5-8-16/h3-5,7-8H,6,9-13H2,1-2H3. The van der Waals surface area contributed by atoms with E-state index in [-0.39, 0.29) is 5.91 Å². The minimum absolute atomic E-state index is 0.156. The van der Waals surface area contributed by atoms with Gasteiger partial charge in [-0.05, 0) is 25.5 Å². The molecule has 0 aliphatic carbocycles. The summed E-state index contributed by atoms with van der Waals surface area (Å²) in [5.41, 5.74) is 2.99. The lowest BCUT2D eigenvalue weighted by atomic mass is 10.2. The lowest BCUT2D eigenvalue weighted by Crippen LogP contribution is -2.33. The molecule has 2 heterocycles. The third kappa shape index (κ3) is 3.62. The van der Waals surface area contributed by atoms with Crippen LogP contribution in [0.4, 0.5) is 0 Å². The molecule has 0 atom stereocenters. The Kier molecular flexibility index (Phi) is 5.21. The first-order chi connectivity index (χ1) is 11.6. The summed E-state index contributed by atoms with van der Waals surface area (Å²) >= 11 is 6.61. The van der Waals surface area contributed by atoms with Gasteiger partial charge < -0.3 is 4.90 Å². The molecule has 1 aromatic heterocycles. The van der Waals surface area contributed by atoms with Crippen molar-refractivity contribution in [3.05, 3.63) is 46.7 Å². The highest BCUT2D eigenvalue weighted by Gasteiger charge is 2.20. The molecular formula is C18H23ClN4O. The zero-order valence-electron chi connectivity index (χ0n) is 14.2. The quantitative estimate of drug-likeness (QED) is 0.858. The molecule has 0 radical (unpaired) electrons. The smallest absolute Gasteiger partial charge is 0.219 e. The second kappa shape index (κ2) is 7.36. The zero-order valence-corrected chi connectivity index (χ0v) is 15.0. The van der Waals surface area contributed by atoms with Gasteiger partial charge >= 0.3 is 0 Å². The molecule has 5 nitrogen and oxygen atoms in total. The molecule has 3 rings (SSSR count). The van der Waals surface area contributed by atoms with Gasteiger partial charge in [0.05, 0.1) is 11.4 Å². The molecule has 1 aliphatic heterocycles. The van der Waals surface area contributed by atoms with E-state index in [0.29, 0.717) is 5.15 Å². The second-order valence-electron chi connectivity index (χ2n) is 6.24. The van der Waals surface area contributed by atoms with E-state index in [4.69, 9.17) is 11.6 Å². The summed E-state index contributed by atoms with van der Waals surface area (Å²) in [5, 5.41) is 5.28. The molecule has 1 saturated heterocycles. The molecule has 1 amide bonds. The topological polar surface area (TPSA) is 41.4 Å². The van der Waals surface area contributed by atoms with Crippen LogP contribution < -0.4 is 0 Å². The molecule has 0 unspecified atom stereocenters. The Morgan fingerprint density at radius 1 is 1.17 bits per heavy atom. The minimum atomic E-state index is 0.156. The fraction of sp³-hybridized carbons (Fsp3) is 0.444. The molecule has 0 spiro atoms. The lowest BCUT2D eigenvalue weighted by Gasteiger charge is -2.21. The third-order valence-electron chi connectivity index (χ3n) is 4.54. The normalized spacial score (nSPS) is 16.2. The molecule has 1 aliphatic rings. The first-order valence-electron chi connectivity index (χ1n) is 8.33. The van der Waals surface area contributed by atoms with Crippen LogP contribution >= 0.6 is 11.6 Å². The van der Waals surface area contributed by atoms with Gasteiger partial charge in [-0.1, -0.05) is 29.8 Å². The Morgan fingerprint density at radius 2 is 1.92 bits per heavy atom. The van der Waals surface area contributed by atoms with E-state index in [1.165, 1.54) is 0 Å². The van der Waals surface area contributed by atoms with Crippen molar-refractivity contribution in [2.45, 2.75) is 26.8 Å². The molecular weight excluding hydrogens is 324 g/mol. The van der Waals surface area contributed by atoms with Gasteiger partial charge in [0.25, 0.3) is 0 Å². The number of nitrogens with zero attached hydrogens (tertiary/aromatic N) is 4. The fourth-order valence-corrected chi connectivity index (χ4v) is 3.45. The number of aromatic nitrogens is 2. The predicted octanol–water partition coefficient (Wildman–Crippen LogP) is 2.89. The number of halogens is 1. The molecule has 0 bridgehead atoms. The molecule has 24 heavy (non-hydrogen) atoms. The van der Waals surface area contributed by atoms with Crippen molar-refractivity contribution in [3.8, 4) is 5.69 Å². The van der Waals surface area contributed by atoms with E-state index < -0.39 is 0 Å². The number of hydrogen-bond donors (Lipinski definition) is 0. The number of hydrogen-bond acceptors (Lipinski definition) is 3. The average Bonchev–Trinajstić information content (AvgIpc) is 2.76. The van der Waals surface area contributed by atoms with E-state index in [9.17, 15) is 4.79 Å². The molecule has 2 aromatic rings. The predicted molar refractivity (Wildman–Crippen MR) is 95.5 cm³/mol. The van der Waals surface area contributed by atoms with Gasteiger partial charge in [-0.25, -0.2) is 4.68 Å². The highest BCUT2D eigenvalue weighted by Crippen LogP contribution is 2.25. The second-order valence-corrected chi connectivity index (χ2v) is 6.60. The van der Waals surface area contributed by atoms with Gasteiger partial charge in [-0.15, -0.1) is 0 Å². The third-order valence-corrected chi connectivity index (χ3v) is 4.93. The van der Waals surface area contributed by atoms with Crippen molar-refractivity contribution in [3.63, 3.8) is 0 Å². The number of aryl methyl sites for hydroxylation is 1. The summed E-state index contributed by atoms with van der Waals surface area (Å²) in [6.07, 6.45) is 0.989. The van der Waals surface area contributed by atoms with Gasteiger partial charge in [0.15, 0.2) is 0 Å². The van der Waals surface area contributed by atoms with Gasteiger partial charge in [0.1, 0.15) is 5.15 Å². The number of para-hydroxylation sites is 1. The Balaban J connectivity index is 1.76. The maximum Gasteiger partial charge on any atom is 0.219 e. The van der Waals surface area contributed by atoms with Gasteiger partial charge in [0.2, 0.25) is 5.91 Å². The largest absolute Gasteiger partial charge is 0.342 e. The van der Waals surface area contributed by atoms with Crippen molar-refractivity contribution in [2.75, 3.05) is 26.2 Å². The van der Waals surface area contributed by atoms with Crippen molar-refractivity contribution < 1.29 is 4.79 Å². The summed E-state index contributed by atoms with van der Waals surface area (Å²) in [6, 6.07) is 9.94. The van der Waals surface area contributed by atoms with Gasteiger partial charge in [-0.2, -0.15) is 5.10 Å². The van der Waals surface area contributed by atoms with Crippen molar-refractivity contribution in [1.29, 1.82) is 0 Å². The van der Waals surface area contributed by atoms with Crippen LogP contribution in [-0.4, -0.2) is 51.7 Å². The summed E-state index contributed by atoms with van der Waals surface area (Å²) < 4.78 is 1.80. The monoisotopic (exact) mass is 346 g/mol. The highest BCUT2D eigenvalue weighted by molar-refractivity contribution is 6.30. The van der Waals surface area contributed by atoms with E-state index in [1.54, 1.807) is 11.6 Å². The Bertz CT molecular complexity index is 713. The molecule has 128 valence electrons. The van der Waals surface area contributed by atoms with Crippen molar-refractivity contribution in [1.82, 2.24) is 19.6 Å². The van der Waals surface area contributed by atoms with E-state index in [2.05, 4.69) is 10.00 Å². The number of carbonyl (C=O) groups excluding carboxylic acids is 1. The lowest BCUT2D eigenvalue weighted by molar-refractivity contribution is -0.128. The maximum absolute atomic E-state index is 11.6. The van der Waals surface area contributed by atoms with E-state index in [1.807, 2.05) is 42.2 Å². The average molecular weight is 347 g/mol. The molecule has 0 N–H and O–H groups in total. The van der Waals surface area contributed by atoms with Crippen LogP contribution in [0.15, 0.2) is 30.3 Å². The minimum Gasteiger partial charge on any atom is -0.342 e. The van der Waals surface area contributed by atoms with Crippen LogP contribution in [-0.2, 0) is 11.3 Å². The van der Waals surface area contributed by atoms with Gasteiger partial charge in [0, 0.05) is 45.2 Å². The Morgan fingerprint density at radius 3 is 2.62 bits per heavy atom. The van der Waals surface area contributed by atoms with Crippen molar-refractivity contribution in [2.24, 2.45) is 0 Å². The Hall–Kier alpha value is -1.85.